The van der Waals surface area contributed by atoms with Gasteiger partial charge >= 0.3 is 15.6 Å². The number of benzene rings is 2. The highest BCUT2D eigenvalue weighted by molar-refractivity contribution is 7.87. The third-order valence-electron chi connectivity index (χ3n) is 3.92. The van der Waals surface area contributed by atoms with E-state index in [1.165, 1.54) is 0 Å². The molecule has 1 aliphatic rings. The van der Waals surface area contributed by atoms with Gasteiger partial charge in [-0.2, -0.15) is 26.7 Å². The van der Waals surface area contributed by atoms with Crippen LogP contribution >= 0.6 is 0 Å². The van der Waals surface area contributed by atoms with Crippen molar-refractivity contribution >= 4 is 26.8 Å². The Balaban J connectivity index is 2.14. The van der Waals surface area contributed by atoms with Crippen LogP contribution in [-0.4, -0.2) is 24.9 Å². The van der Waals surface area contributed by atoms with E-state index in [0.29, 0.717) is 16.5 Å². The summed E-state index contributed by atoms with van der Waals surface area (Å²) >= 11 is 0. The number of halogens is 3. The molecule has 0 aromatic heterocycles. The van der Waals surface area contributed by atoms with Gasteiger partial charge in [0.2, 0.25) is 0 Å². The number of hydrogen-bond acceptors (Lipinski definition) is 4. The largest absolute Gasteiger partial charge is 0.525 e. The van der Waals surface area contributed by atoms with E-state index in [-0.39, 0.29) is 17.2 Å². The van der Waals surface area contributed by atoms with Crippen LogP contribution in [0.5, 0.6) is 0 Å². The molecule has 1 amide bonds. The van der Waals surface area contributed by atoms with Crippen LogP contribution in [0, 0.1) is 13.8 Å². The van der Waals surface area contributed by atoms with Crippen LogP contribution in [0.4, 0.5) is 13.2 Å². The second kappa shape index (κ2) is 5.18. The van der Waals surface area contributed by atoms with Crippen molar-refractivity contribution in [3.8, 4) is 0 Å². The highest BCUT2D eigenvalue weighted by Gasteiger charge is 2.50. The number of hydrogen-bond donors (Lipinski definition) is 0. The average molecular weight is 359 g/mol. The van der Waals surface area contributed by atoms with Crippen molar-refractivity contribution in [2.24, 2.45) is 0 Å². The van der Waals surface area contributed by atoms with Gasteiger partial charge in [-0.15, -0.1) is 4.28 Å². The number of hydroxylamine groups is 2. The first-order chi connectivity index (χ1) is 11.0. The van der Waals surface area contributed by atoms with E-state index in [4.69, 9.17) is 0 Å². The second-order valence-corrected chi connectivity index (χ2v) is 7.06. The minimum Gasteiger partial charge on any atom is -0.267 e. The molecule has 3 rings (SSSR count). The molecule has 24 heavy (non-hydrogen) atoms. The Bertz CT molecular complexity index is 967. The molecule has 128 valence electrons. The Morgan fingerprint density at radius 2 is 1.71 bits per heavy atom. The molecule has 0 fully saturated rings. The van der Waals surface area contributed by atoms with Crippen molar-refractivity contribution in [3.05, 3.63) is 46.5 Å². The average Bonchev–Trinajstić information content (AvgIpc) is 2.46. The summed E-state index contributed by atoms with van der Waals surface area (Å²) in [5, 5.41) is 1.64. The van der Waals surface area contributed by atoms with Gasteiger partial charge in [0.25, 0.3) is 5.91 Å². The van der Waals surface area contributed by atoms with Crippen molar-refractivity contribution in [1.29, 1.82) is 0 Å². The summed E-state index contributed by atoms with van der Waals surface area (Å²) < 4.78 is 64.1. The lowest BCUT2D eigenvalue weighted by Crippen LogP contribution is -2.40. The first kappa shape index (κ1) is 16.7. The lowest BCUT2D eigenvalue weighted by atomic mass is 9.90. The van der Waals surface area contributed by atoms with Crippen molar-refractivity contribution in [3.63, 3.8) is 0 Å². The number of nitrogens with zero attached hydrogens (tertiary/aromatic N) is 1. The number of carbonyl (C=O) groups is 1. The smallest absolute Gasteiger partial charge is 0.267 e. The van der Waals surface area contributed by atoms with Crippen LogP contribution in [0.3, 0.4) is 0 Å². The predicted molar refractivity (Wildman–Crippen MR) is 79.4 cm³/mol. The van der Waals surface area contributed by atoms with Gasteiger partial charge in [-0.05, 0) is 35.9 Å². The maximum Gasteiger partial charge on any atom is 0.525 e. The van der Waals surface area contributed by atoms with E-state index in [1.807, 2.05) is 13.0 Å². The number of alkyl halides is 3. The topological polar surface area (TPSA) is 63.7 Å². The van der Waals surface area contributed by atoms with Gasteiger partial charge in [0, 0.05) is 5.39 Å². The van der Waals surface area contributed by atoms with Crippen molar-refractivity contribution in [2.45, 2.75) is 25.9 Å². The van der Waals surface area contributed by atoms with Crippen LogP contribution in [0.1, 0.15) is 27.0 Å². The maximum atomic E-state index is 12.5. The van der Waals surface area contributed by atoms with Crippen LogP contribution in [0.2, 0.25) is 0 Å². The molecule has 0 aliphatic carbocycles. The quantitative estimate of drug-likeness (QED) is 0.773. The molecule has 0 atom stereocenters. The zero-order valence-electron chi connectivity index (χ0n) is 12.6. The zero-order valence-corrected chi connectivity index (χ0v) is 13.5. The van der Waals surface area contributed by atoms with E-state index >= 15 is 0 Å². The molecule has 5 nitrogen and oxygen atoms in total. The van der Waals surface area contributed by atoms with E-state index in [2.05, 4.69) is 4.28 Å². The van der Waals surface area contributed by atoms with E-state index in [0.717, 1.165) is 10.9 Å². The molecule has 0 bridgehead atoms. The summed E-state index contributed by atoms with van der Waals surface area (Å²) in [5.41, 5.74) is -3.51. The van der Waals surface area contributed by atoms with Gasteiger partial charge in [-0.25, -0.2) is 0 Å². The molecule has 2 aromatic rings. The maximum absolute atomic E-state index is 12.5. The Kier molecular flexibility index (Phi) is 3.61. The summed E-state index contributed by atoms with van der Waals surface area (Å²) in [6.45, 7) is 3.08. The van der Waals surface area contributed by atoms with Crippen molar-refractivity contribution < 1.29 is 30.7 Å². The molecule has 1 aliphatic heterocycles. The SMILES string of the molecule is Cc1ccc2c(C)ccc3c2c1C(=O)N(OS(=O)(=O)C(F)(F)F)C3. The predicted octanol–water partition coefficient (Wildman–Crippen LogP) is 3.19. The Labute approximate surface area is 135 Å². The van der Waals surface area contributed by atoms with Gasteiger partial charge in [0.1, 0.15) is 0 Å². The van der Waals surface area contributed by atoms with Crippen LogP contribution in [-0.2, 0) is 20.9 Å². The molecule has 1 heterocycles. The molecule has 2 aromatic carbocycles. The molecule has 0 radical (unpaired) electrons. The molecular formula is C15H12F3NO4S. The Hall–Kier alpha value is -2.13. The number of rotatable bonds is 2. The number of carbonyl (C=O) groups excluding carboxylic acids is 1. The van der Waals surface area contributed by atoms with Crippen LogP contribution < -0.4 is 0 Å². The number of amides is 1. The number of aryl methyl sites for hydroxylation is 2. The zero-order chi connectivity index (χ0) is 17.9. The second-order valence-electron chi connectivity index (χ2n) is 5.54. The summed E-state index contributed by atoms with van der Waals surface area (Å²) in [5.74, 6) is -0.913. The highest BCUT2D eigenvalue weighted by atomic mass is 32.2. The van der Waals surface area contributed by atoms with Gasteiger partial charge < -0.3 is 0 Å². The molecular weight excluding hydrogens is 347 g/mol. The monoisotopic (exact) mass is 359 g/mol. The normalized spacial score (nSPS) is 15.2. The van der Waals surface area contributed by atoms with Crippen LogP contribution in [0.25, 0.3) is 10.8 Å². The lowest BCUT2D eigenvalue weighted by Gasteiger charge is -2.28. The van der Waals surface area contributed by atoms with Crippen molar-refractivity contribution in [2.75, 3.05) is 0 Å². The fourth-order valence-electron chi connectivity index (χ4n) is 2.75. The third kappa shape index (κ3) is 2.44. The standard InChI is InChI=1S/C15H12F3NO4S/c1-8-3-5-10-7-19(23-24(21,22)15(16,17)18)14(20)12-9(2)4-6-11(8)13(10)12/h3-6H,7H2,1-2H3. The van der Waals surface area contributed by atoms with E-state index in [1.54, 1.807) is 25.1 Å². The molecule has 0 unspecified atom stereocenters. The lowest BCUT2D eigenvalue weighted by molar-refractivity contribution is -0.0886. The molecule has 0 spiro atoms. The first-order valence-corrected chi connectivity index (χ1v) is 8.28. The van der Waals surface area contributed by atoms with Crippen LogP contribution in [0.15, 0.2) is 24.3 Å². The van der Waals surface area contributed by atoms with E-state index < -0.39 is 21.5 Å². The summed E-state index contributed by atoms with van der Waals surface area (Å²) in [6.07, 6.45) is 0. The Morgan fingerprint density at radius 3 is 2.33 bits per heavy atom. The summed E-state index contributed by atoms with van der Waals surface area (Å²) in [7, 11) is -5.92. The fourth-order valence-corrected chi connectivity index (χ4v) is 3.19. The Morgan fingerprint density at radius 1 is 1.08 bits per heavy atom. The molecule has 0 saturated carbocycles. The van der Waals surface area contributed by atoms with Gasteiger partial charge in [0.05, 0.1) is 12.1 Å². The third-order valence-corrected chi connectivity index (χ3v) is 4.86. The fraction of sp³-hybridized carbons (Fsp3) is 0.267. The van der Waals surface area contributed by atoms with Crippen molar-refractivity contribution in [1.82, 2.24) is 5.06 Å². The van der Waals surface area contributed by atoms with E-state index in [9.17, 15) is 26.4 Å². The highest BCUT2D eigenvalue weighted by Crippen LogP contribution is 2.35. The molecule has 0 saturated heterocycles. The summed E-state index contributed by atoms with van der Waals surface area (Å²) in [4.78, 5) is 12.5. The first-order valence-electron chi connectivity index (χ1n) is 6.87. The minimum absolute atomic E-state index is 0.148. The van der Waals surface area contributed by atoms with Gasteiger partial charge in [-0.3, -0.25) is 4.79 Å². The molecule has 9 heteroatoms. The molecule has 0 N–H and O–H groups in total. The van der Waals surface area contributed by atoms with Gasteiger partial charge in [0.15, 0.2) is 0 Å². The summed E-state index contributed by atoms with van der Waals surface area (Å²) in [6, 6.07) is 6.88. The minimum atomic E-state index is -5.92. The van der Waals surface area contributed by atoms with Gasteiger partial charge in [-0.1, -0.05) is 24.3 Å².